The van der Waals surface area contributed by atoms with Crippen molar-refractivity contribution in [2.45, 2.75) is 26.4 Å². The Kier molecular flexibility index (Phi) is 4.73. The summed E-state index contributed by atoms with van der Waals surface area (Å²) in [6.07, 6.45) is 6.30. The van der Waals surface area contributed by atoms with Crippen LogP contribution < -0.4 is 5.32 Å². The third kappa shape index (κ3) is 3.66. The van der Waals surface area contributed by atoms with Gasteiger partial charge in [-0.1, -0.05) is 12.1 Å². The third-order valence-corrected chi connectivity index (χ3v) is 3.09. The van der Waals surface area contributed by atoms with Gasteiger partial charge in [-0.2, -0.15) is 0 Å². The molecule has 1 N–H and O–H groups in total. The van der Waals surface area contributed by atoms with Crippen molar-refractivity contribution in [1.29, 1.82) is 0 Å². The van der Waals surface area contributed by atoms with Crippen LogP contribution in [0.1, 0.15) is 23.8 Å². The molecule has 1 amide bonds. The van der Waals surface area contributed by atoms with Gasteiger partial charge in [0.25, 0.3) is 5.91 Å². The molecule has 0 spiro atoms. The fourth-order valence-electron chi connectivity index (χ4n) is 1.82. The number of rotatable bonds is 6. The summed E-state index contributed by atoms with van der Waals surface area (Å²) in [6, 6.07) is 1.83. The number of nitrogens with zero attached hydrogens (tertiary/aromatic N) is 4. The van der Waals surface area contributed by atoms with Crippen LogP contribution in [0.4, 0.5) is 0 Å². The van der Waals surface area contributed by atoms with Crippen LogP contribution in [-0.2, 0) is 13.1 Å². The van der Waals surface area contributed by atoms with Gasteiger partial charge in [0.15, 0.2) is 0 Å². The standard InChI is InChI=1S/C12H16BrN5O/c1-2-5-17-9-10(13)8-11(17)12(19)14-3-6-18-7-4-15-16-18/h4,7-9H,2-3,5-6H2,1H3,(H,14,19). The van der Waals surface area contributed by atoms with Gasteiger partial charge in [0, 0.05) is 30.0 Å². The zero-order valence-electron chi connectivity index (χ0n) is 10.7. The second-order valence-electron chi connectivity index (χ2n) is 4.16. The molecule has 0 bridgehead atoms. The molecule has 102 valence electrons. The number of carbonyl (C=O) groups is 1. The lowest BCUT2D eigenvalue weighted by Gasteiger charge is -2.08. The molecule has 0 saturated carbocycles. The van der Waals surface area contributed by atoms with E-state index in [4.69, 9.17) is 0 Å². The van der Waals surface area contributed by atoms with Gasteiger partial charge in [-0.15, -0.1) is 5.10 Å². The van der Waals surface area contributed by atoms with Gasteiger partial charge < -0.3 is 9.88 Å². The lowest BCUT2D eigenvalue weighted by Crippen LogP contribution is -2.29. The first-order chi connectivity index (χ1) is 9.20. The molecule has 0 saturated heterocycles. The topological polar surface area (TPSA) is 64.7 Å². The molecule has 2 rings (SSSR count). The summed E-state index contributed by atoms with van der Waals surface area (Å²) >= 11 is 3.40. The Balaban J connectivity index is 1.92. The molecule has 7 heteroatoms. The zero-order valence-corrected chi connectivity index (χ0v) is 12.3. The molecule has 0 unspecified atom stereocenters. The molecule has 0 aromatic carbocycles. The Morgan fingerprint density at radius 1 is 1.47 bits per heavy atom. The fraction of sp³-hybridized carbons (Fsp3) is 0.417. The molecule has 0 atom stereocenters. The summed E-state index contributed by atoms with van der Waals surface area (Å²) in [7, 11) is 0. The van der Waals surface area contributed by atoms with E-state index >= 15 is 0 Å². The number of hydrogen-bond acceptors (Lipinski definition) is 3. The summed E-state index contributed by atoms with van der Waals surface area (Å²) in [5.74, 6) is -0.0701. The van der Waals surface area contributed by atoms with E-state index in [0.717, 1.165) is 17.4 Å². The van der Waals surface area contributed by atoms with E-state index in [0.29, 0.717) is 18.8 Å². The number of nitrogens with one attached hydrogen (secondary N) is 1. The molecular weight excluding hydrogens is 310 g/mol. The second-order valence-corrected chi connectivity index (χ2v) is 5.07. The van der Waals surface area contributed by atoms with E-state index in [9.17, 15) is 4.79 Å². The molecule has 0 fully saturated rings. The first kappa shape index (κ1) is 13.8. The Morgan fingerprint density at radius 2 is 2.32 bits per heavy atom. The number of aromatic nitrogens is 4. The summed E-state index contributed by atoms with van der Waals surface area (Å²) in [4.78, 5) is 12.1. The van der Waals surface area contributed by atoms with Gasteiger partial charge >= 0.3 is 0 Å². The minimum atomic E-state index is -0.0701. The van der Waals surface area contributed by atoms with E-state index in [1.807, 2.05) is 16.8 Å². The highest BCUT2D eigenvalue weighted by Crippen LogP contribution is 2.15. The van der Waals surface area contributed by atoms with E-state index < -0.39 is 0 Å². The molecule has 0 aliphatic carbocycles. The molecule has 2 aromatic heterocycles. The van der Waals surface area contributed by atoms with Crippen molar-refractivity contribution in [3.8, 4) is 0 Å². The van der Waals surface area contributed by atoms with Crippen molar-refractivity contribution in [3.63, 3.8) is 0 Å². The minimum Gasteiger partial charge on any atom is -0.349 e. The second kappa shape index (κ2) is 6.51. The summed E-state index contributed by atoms with van der Waals surface area (Å²) in [5.41, 5.74) is 0.673. The minimum absolute atomic E-state index is 0.0701. The molecule has 19 heavy (non-hydrogen) atoms. The fourth-order valence-corrected chi connectivity index (χ4v) is 2.28. The van der Waals surface area contributed by atoms with E-state index in [-0.39, 0.29) is 5.91 Å². The predicted octanol–water partition coefficient (Wildman–Crippen LogP) is 1.68. The number of amides is 1. The van der Waals surface area contributed by atoms with Gasteiger partial charge in [0.1, 0.15) is 5.69 Å². The van der Waals surface area contributed by atoms with Crippen LogP contribution in [0.2, 0.25) is 0 Å². The molecule has 6 nitrogen and oxygen atoms in total. The average Bonchev–Trinajstić information content (AvgIpc) is 2.99. The van der Waals surface area contributed by atoms with Crippen LogP contribution in [0, 0.1) is 0 Å². The van der Waals surface area contributed by atoms with Gasteiger partial charge in [-0.05, 0) is 28.4 Å². The maximum absolute atomic E-state index is 12.1. The highest BCUT2D eigenvalue weighted by atomic mass is 79.9. The SMILES string of the molecule is CCCn1cc(Br)cc1C(=O)NCCn1ccnn1. The molecule has 0 radical (unpaired) electrons. The van der Waals surface area contributed by atoms with Crippen molar-refractivity contribution < 1.29 is 4.79 Å². The normalized spacial score (nSPS) is 10.6. The van der Waals surface area contributed by atoms with Crippen molar-refractivity contribution in [2.24, 2.45) is 0 Å². The quantitative estimate of drug-likeness (QED) is 0.878. The summed E-state index contributed by atoms with van der Waals surface area (Å²) in [6.45, 7) is 4.05. The zero-order chi connectivity index (χ0) is 13.7. The number of aryl methyl sites for hydroxylation is 1. The molecular formula is C12H16BrN5O. The number of carbonyl (C=O) groups excluding carboxylic acids is 1. The average molecular weight is 326 g/mol. The largest absolute Gasteiger partial charge is 0.349 e. The predicted molar refractivity (Wildman–Crippen MR) is 74.8 cm³/mol. The maximum atomic E-state index is 12.1. The van der Waals surface area contributed by atoms with E-state index in [2.05, 4.69) is 38.5 Å². The van der Waals surface area contributed by atoms with Crippen LogP contribution in [-0.4, -0.2) is 32.0 Å². The van der Waals surface area contributed by atoms with Crippen LogP contribution in [0.25, 0.3) is 0 Å². The summed E-state index contributed by atoms with van der Waals surface area (Å²) in [5, 5.41) is 10.4. The Bertz CT molecular complexity index is 534. The third-order valence-electron chi connectivity index (χ3n) is 2.66. The van der Waals surface area contributed by atoms with Crippen LogP contribution in [0.5, 0.6) is 0 Å². The Hall–Kier alpha value is -1.63. The highest BCUT2D eigenvalue weighted by molar-refractivity contribution is 9.10. The number of halogens is 1. The van der Waals surface area contributed by atoms with Crippen LogP contribution in [0.15, 0.2) is 29.1 Å². The smallest absolute Gasteiger partial charge is 0.268 e. The molecule has 0 aliphatic rings. The lowest BCUT2D eigenvalue weighted by atomic mass is 10.3. The summed E-state index contributed by atoms with van der Waals surface area (Å²) < 4.78 is 4.55. The first-order valence-corrected chi connectivity index (χ1v) is 6.98. The van der Waals surface area contributed by atoms with Crippen LogP contribution in [0.3, 0.4) is 0 Å². The molecule has 2 aromatic rings. The lowest BCUT2D eigenvalue weighted by molar-refractivity contribution is 0.0942. The van der Waals surface area contributed by atoms with Crippen molar-refractivity contribution >= 4 is 21.8 Å². The van der Waals surface area contributed by atoms with Gasteiger partial charge in [-0.3, -0.25) is 9.48 Å². The van der Waals surface area contributed by atoms with E-state index in [1.54, 1.807) is 17.1 Å². The highest BCUT2D eigenvalue weighted by Gasteiger charge is 2.12. The monoisotopic (exact) mass is 325 g/mol. The van der Waals surface area contributed by atoms with Gasteiger partial charge in [0.2, 0.25) is 0 Å². The number of hydrogen-bond donors (Lipinski definition) is 1. The van der Waals surface area contributed by atoms with Crippen molar-refractivity contribution in [2.75, 3.05) is 6.54 Å². The van der Waals surface area contributed by atoms with Crippen molar-refractivity contribution in [3.05, 3.63) is 34.8 Å². The Morgan fingerprint density at radius 3 is 3.00 bits per heavy atom. The Labute approximate surface area is 119 Å². The first-order valence-electron chi connectivity index (χ1n) is 6.18. The van der Waals surface area contributed by atoms with Gasteiger partial charge in [0.05, 0.1) is 12.7 Å². The maximum Gasteiger partial charge on any atom is 0.268 e. The van der Waals surface area contributed by atoms with E-state index in [1.165, 1.54) is 0 Å². The molecule has 0 aliphatic heterocycles. The van der Waals surface area contributed by atoms with Gasteiger partial charge in [-0.25, -0.2) is 0 Å². The molecule has 2 heterocycles. The van der Waals surface area contributed by atoms with Crippen LogP contribution >= 0.6 is 15.9 Å². The van der Waals surface area contributed by atoms with Crippen molar-refractivity contribution in [1.82, 2.24) is 24.9 Å².